The molecule has 0 aliphatic carbocycles. The Labute approximate surface area is 153 Å². The zero-order valence-corrected chi connectivity index (χ0v) is 15.2. The lowest BCUT2D eigenvalue weighted by Crippen LogP contribution is -2.43. The highest BCUT2D eigenvalue weighted by molar-refractivity contribution is 6.10. The monoisotopic (exact) mass is 358 g/mol. The van der Waals surface area contributed by atoms with Crippen LogP contribution in [0.4, 0.5) is 11.4 Å². The molecule has 0 bridgehead atoms. The van der Waals surface area contributed by atoms with Crippen LogP contribution in [-0.4, -0.2) is 55.8 Å². The number of hydrogen-bond acceptors (Lipinski definition) is 4. The maximum atomic E-state index is 12.6. The number of rotatable bonds is 5. The molecule has 1 aromatic rings. The van der Waals surface area contributed by atoms with Crippen LogP contribution >= 0.6 is 0 Å². The van der Waals surface area contributed by atoms with E-state index in [0.29, 0.717) is 17.3 Å². The van der Waals surface area contributed by atoms with Crippen molar-refractivity contribution in [3.05, 3.63) is 24.3 Å². The number of nitrogens with one attached hydrogen (secondary N) is 2. The second-order valence-corrected chi connectivity index (χ2v) is 6.93. The molecule has 7 heteroatoms. The molecule has 3 amide bonds. The molecule has 1 aromatic carbocycles. The summed E-state index contributed by atoms with van der Waals surface area (Å²) in [6.45, 7) is 2.50. The molecule has 0 saturated carbocycles. The molecule has 0 aromatic heterocycles. The van der Waals surface area contributed by atoms with Gasteiger partial charge in [0.2, 0.25) is 17.7 Å². The zero-order valence-electron chi connectivity index (χ0n) is 15.2. The van der Waals surface area contributed by atoms with E-state index in [9.17, 15) is 14.4 Å². The minimum atomic E-state index is -0.213. The van der Waals surface area contributed by atoms with Crippen LogP contribution in [0.25, 0.3) is 0 Å². The van der Waals surface area contributed by atoms with Crippen molar-refractivity contribution in [3.8, 4) is 0 Å². The highest BCUT2D eigenvalue weighted by atomic mass is 16.2. The molecule has 3 rings (SSSR count). The molecule has 0 spiro atoms. The molecule has 140 valence electrons. The van der Waals surface area contributed by atoms with E-state index in [0.717, 1.165) is 32.5 Å². The van der Waals surface area contributed by atoms with Gasteiger partial charge in [-0.25, -0.2) is 0 Å². The second-order valence-electron chi connectivity index (χ2n) is 6.93. The van der Waals surface area contributed by atoms with Crippen molar-refractivity contribution < 1.29 is 14.4 Å². The third-order valence-electron chi connectivity index (χ3n) is 5.08. The van der Waals surface area contributed by atoms with Gasteiger partial charge in [-0.2, -0.15) is 0 Å². The number of likely N-dealkylation sites (tertiary alicyclic amines) is 1. The van der Waals surface area contributed by atoms with Crippen molar-refractivity contribution in [2.24, 2.45) is 5.92 Å². The normalized spacial score (nSPS) is 17.7. The van der Waals surface area contributed by atoms with Crippen LogP contribution in [0.1, 0.15) is 25.7 Å². The quantitative estimate of drug-likeness (QED) is 0.829. The van der Waals surface area contributed by atoms with E-state index in [1.807, 2.05) is 24.1 Å². The molecule has 0 atom stereocenters. The summed E-state index contributed by atoms with van der Waals surface area (Å²) in [4.78, 5) is 40.2. The number of nitrogens with zero attached hydrogens (tertiary/aromatic N) is 2. The summed E-state index contributed by atoms with van der Waals surface area (Å²) >= 11 is 0. The van der Waals surface area contributed by atoms with E-state index in [1.165, 1.54) is 4.90 Å². The third kappa shape index (κ3) is 4.22. The lowest BCUT2D eigenvalue weighted by Gasteiger charge is -2.32. The Balaban J connectivity index is 1.53. The number of hydrogen-bond donors (Lipinski definition) is 2. The molecule has 7 nitrogen and oxygen atoms in total. The fraction of sp³-hybridized carbons (Fsp3) is 0.526. The maximum Gasteiger partial charge on any atom is 0.244 e. The number of carbonyl (C=O) groups excluding carboxylic acids is 3. The topological polar surface area (TPSA) is 81.8 Å². The summed E-state index contributed by atoms with van der Waals surface area (Å²) in [5, 5.41) is 5.95. The SMILES string of the molecule is CNCC1CCN(C(=O)CCC(=O)N2CC(=O)Nc3ccccc32)CC1. The number of carbonyl (C=O) groups is 3. The standard InChI is InChI=1S/C19H26N4O3/c1-20-12-14-8-10-22(11-9-14)18(25)6-7-19(26)23-13-17(24)21-15-4-2-3-5-16(15)23/h2-5,14,20H,6-13H2,1H3,(H,21,24). The minimum absolute atomic E-state index is 0.000546. The molecule has 2 aliphatic rings. The summed E-state index contributed by atoms with van der Waals surface area (Å²) in [6, 6.07) is 7.22. The minimum Gasteiger partial charge on any atom is -0.343 e. The maximum absolute atomic E-state index is 12.6. The van der Waals surface area contributed by atoms with Crippen molar-refractivity contribution in [1.29, 1.82) is 0 Å². The summed E-state index contributed by atoms with van der Waals surface area (Å²) in [7, 11) is 1.95. The number of piperidine rings is 1. The summed E-state index contributed by atoms with van der Waals surface area (Å²) in [5.41, 5.74) is 1.33. The Hall–Kier alpha value is -2.41. The van der Waals surface area contributed by atoms with Crippen LogP contribution in [0.3, 0.4) is 0 Å². The van der Waals surface area contributed by atoms with Crippen LogP contribution in [-0.2, 0) is 14.4 Å². The number of anilines is 2. The van der Waals surface area contributed by atoms with E-state index >= 15 is 0 Å². The van der Waals surface area contributed by atoms with Crippen molar-refractivity contribution >= 4 is 29.1 Å². The van der Waals surface area contributed by atoms with Gasteiger partial charge < -0.3 is 20.4 Å². The first-order valence-electron chi connectivity index (χ1n) is 9.20. The Bertz CT molecular complexity index is 683. The number of para-hydroxylation sites is 2. The first-order valence-corrected chi connectivity index (χ1v) is 9.20. The van der Waals surface area contributed by atoms with Gasteiger partial charge in [0, 0.05) is 25.9 Å². The highest BCUT2D eigenvalue weighted by Crippen LogP contribution is 2.29. The molecule has 1 saturated heterocycles. The largest absolute Gasteiger partial charge is 0.343 e. The van der Waals surface area contributed by atoms with Crippen molar-refractivity contribution in [3.63, 3.8) is 0 Å². The third-order valence-corrected chi connectivity index (χ3v) is 5.08. The molecule has 0 unspecified atom stereocenters. The van der Waals surface area contributed by atoms with Crippen molar-refractivity contribution in [1.82, 2.24) is 10.2 Å². The summed E-state index contributed by atoms with van der Waals surface area (Å²) < 4.78 is 0. The predicted molar refractivity (Wildman–Crippen MR) is 99.9 cm³/mol. The number of benzene rings is 1. The highest BCUT2D eigenvalue weighted by Gasteiger charge is 2.28. The summed E-state index contributed by atoms with van der Waals surface area (Å²) in [6.07, 6.45) is 2.31. The van der Waals surface area contributed by atoms with E-state index < -0.39 is 0 Å². The van der Waals surface area contributed by atoms with Gasteiger partial charge in [-0.1, -0.05) is 12.1 Å². The summed E-state index contributed by atoms with van der Waals surface area (Å²) in [5.74, 6) is 0.241. The van der Waals surface area contributed by atoms with Gasteiger partial charge in [-0.3, -0.25) is 14.4 Å². The Kier molecular flexibility index (Phi) is 5.88. The van der Waals surface area contributed by atoms with E-state index in [1.54, 1.807) is 12.1 Å². The Morgan fingerprint density at radius 1 is 1.15 bits per heavy atom. The average molecular weight is 358 g/mol. The first-order chi connectivity index (χ1) is 12.6. The fourth-order valence-corrected chi connectivity index (χ4v) is 3.64. The van der Waals surface area contributed by atoms with Gasteiger partial charge >= 0.3 is 0 Å². The fourth-order valence-electron chi connectivity index (χ4n) is 3.64. The number of fused-ring (bicyclic) bond motifs is 1. The molecule has 2 aliphatic heterocycles. The van der Waals surface area contributed by atoms with Crippen molar-refractivity contribution in [2.75, 3.05) is 43.4 Å². The van der Waals surface area contributed by atoms with Gasteiger partial charge in [-0.05, 0) is 44.5 Å². The van der Waals surface area contributed by atoms with Crippen LogP contribution in [0.2, 0.25) is 0 Å². The average Bonchev–Trinajstić information content (AvgIpc) is 2.66. The van der Waals surface area contributed by atoms with E-state index in [4.69, 9.17) is 0 Å². The lowest BCUT2D eigenvalue weighted by atomic mass is 9.96. The van der Waals surface area contributed by atoms with E-state index in [2.05, 4.69) is 10.6 Å². The smallest absolute Gasteiger partial charge is 0.244 e. The van der Waals surface area contributed by atoms with Crippen LogP contribution in [0.15, 0.2) is 24.3 Å². The lowest BCUT2D eigenvalue weighted by molar-refractivity contribution is -0.134. The molecule has 2 N–H and O–H groups in total. The molecule has 26 heavy (non-hydrogen) atoms. The van der Waals surface area contributed by atoms with Crippen LogP contribution in [0.5, 0.6) is 0 Å². The second kappa shape index (κ2) is 8.31. The molecular weight excluding hydrogens is 332 g/mol. The van der Waals surface area contributed by atoms with E-state index in [-0.39, 0.29) is 37.1 Å². The van der Waals surface area contributed by atoms with Gasteiger partial charge in [0.05, 0.1) is 11.4 Å². The number of amides is 3. The Morgan fingerprint density at radius 3 is 2.58 bits per heavy atom. The Morgan fingerprint density at radius 2 is 1.85 bits per heavy atom. The van der Waals surface area contributed by atoms with Crippen LogP contribution < -0.4 is 15.5 Å². The molecule has 0 radical (unpaired) electrons. The molecular formula is C19H26N4O3. The molecule has 2 heterocycles. The van der Waals surface area contributed by atoms with Gasteiger partial charge in [0.15, 0.2) is 0 Å². The van der Waals surface area contributed by atoms with Gasteiger partial charge in [-0.15, -0.1) is 0 Å². The predicted octanol–water partition coefficient (Wildman–Crippen LogP) is 1.21. The first kappa shape index (κ1) is 18.4. The van der Waals surface area contributed by atoms with Crippen LogP contribution in [0, 0.1) is 5.92 Å². The zero-order chi connectivity index (χ0) is 18.5. The van der Waals surface area contributed by atoms with Crippen molar-refractivity contribution in [2.45, 2.75) is 25.7 Å². The molecule has 1 fully saturated rings. The van der Waals surface area contributed by atoms with Gasteiger partial charge in [0.25, 0.3) is 0 Å². The van der Waals surface area contributed by atoms with Gasteiger partial charge in [0.1, 0.15) is 6.54 Å².